The van der Waals surface area contributed by atoms with Gasteiger partial charge >= 0.3 is 6.36 Å². The highest BCUT2D eigenvalue weighted by Crippen LogP contribution is 2.30. The lowest BCUT2D eigenvalue weighted by Crippen LogP contribution is -2.18. The standard InChI is InChI=1S/C12H13BrF3NO/c1-2-3-4-11(17)8-5-9(13)7-10(6-8)18-12(14,15)16/h2,5-7,11H,1,3-4,17H2/t11-/m0/s1. The summed E-state index contributed by atoms with van der Waals surface area (Å²) in [5, 5.41) is 0. The van der Waals surface area contributed by atoms with Gasteiger partial charge in [-0.05, 0) is 36.6 Å². The molecule has 1 atom stereocenters. The van der Waals surface area contributed by atoms with Crippen molar-refractivity contribution >= 4 is 15.9 Å². The third-order valence-corrected chi connectivity index (χ3v) is 2.69. The molecule has 2 N–H and O–H groups in total. The number of allylic oxidation sites excluding steroid dienone is 1. The molecule has 0 unspecified atom stereocenters. The average molecular weight is 324 g/mol. The Morgan fingerprint density at radius 3 is 2.61 bits per heavy atom. The fourth-order valence-corrected chi connectivity index (χ4v) is 1.95. The molecular formula is C12H13BrF3NO. The molecule has 100 valence electrons. The van der Waals surface area contributed by atoms with E-state index in [0.717, 1.165) is 0 Å². The predicted octanol–water partition coefficient (Wildman–Crippen LogP) is 4.31. The highest BCUT2D eigenvalue weighted by molar-refractivity contribution is 9.10. The van der Waals surface area contributed by atoms with Crippen molar-refractivity contribution in [3.8, 4) is 5.75 Å². The van der Waals surface area contributed by atoms with Crippen LogP contribution in [0.1, 0.15) is 24.4 Å². The molecular weight excluding hydrogens is 311 g/mol. The third kappa shape index (κ3) is 5.10. The van der Waals surface area contributed by atoms with E-state index in [-0.39, 0.29) is 11.8 Å². The van der Waals surface area contributed by atoms with Gasteiger partial charge in [-0.15, -0.1) is 19.8 Å². The predicted molar refractivity (Wildman–Crippen MR) is 67.2 cm³/mol. The molecule has 18 heavy (non-hydrogen) atoms. The quantitative estimate of drug-likeness (QED) is 0.819. The van der Waals surface area contributed by atoms with Gasteiger partial charge < -0.3 is 10.5 Å². The topological polar surface area (TPSA) is 35.2 Å². The van der Waals surface area contributed by atoms with Gasteiger partial charge in [0, 0.05) is 10.5 Å². The van der Waals surface area contributed by atoms with Gasteiger partial charge in [0.05, 0.1) is 0 Å². The van der Waals surface area contributed by atoms with Gasteiger partial charge in [-0.3, -0.25) is 0 Å². The van der Waals surface area contributed by atoms with E-state index >= 15 is 0 Å². The summed E-state index contributed by atoms with van der Waals surface area (Å²) in [5.41, 5.74) is 6.47. The summed E-state index contributed by atoms with van der Waals surface area (Å²) in [5.74, 6) is -0.277. The lowest BCUT2D eigenvalue weighted by molar-refractivity contribution is -0.274. The third-order valence-electron chi connectivity index (χ3n) is 2.24. The van der Waals surface area contributed by atoms with Gasteiger partial charge in [0.1, 0.15) is 5.75 Å². The van der Waals surface area contributed by atoms with Crippen LogP contribution in [0.2, 0.25) is 0 Å². The van der Waals surface area contributed by atoms with Crippen LogP contribution in [0, 0.1) is 0 Å². The van der Waals surface area contributed by atoms with Gasteiger partial charge in [0.15, 0.2) is 0 Å². The molecule has 0 bridgehead atoms. The van der Waals surface area contributed by atoms with E-state index in [0.29, 0.717) is 22.9 Å². The first-order valence-electron chi connectivity index (χ1n) is 5.24. The SMILES string of the molecule is C=CCC[C@H](N)c1cc(Br)cc(OC(F)(F)F)c1. The summed E-state index contributed by atoms with van der Waals surface area (Å²) in [6, 6.07) is 3.87. The van der Waals surface area contributed by atoms with Crippen LogP contribution in [0.15, 0.2) is 35.3 Å². The Morgan fingerprint density at radius 2 is 2.06 bits per heavy atom. The van der Waals surface area contributed by atoms with E-state index in [9.17, 15) is 13.2 Å². The Hall–Kier alpha value is -1.01. The second-order valence-electron chi connectivity index (χ2n) is 3.74. The molecule has 1 aromatic carbocycles. The number of alkyl halides is 3. The molecule has 1 aromatic rings. The Balaban J connectivity index is 2.89. The van der Waals surface area contributed by atoms with Crippen LogP contribution in [0.3, 0.4) is 0 Å². The number of hydrogen-bond donors (Lipinski definition) is 1. The largest absolute Gasteiger partial charge is 0.573 e. The molecule has 0 saturated carbocycles. The minimum absolute atomic E-state index is 0.277. The van der Waals surface area contributed by atoms with Crippen molar-refractivity contribution in [2.45, 2.75) is 25.2 Å². The average Bonchev–Trinajstić information content (AvgIpc) is 2.22. The summed E-state index contributed by atoms with van der Waals surface area (Å²) in [6.45, 7) is 3.57. The summed E-state index contributed by atoms with van der Waals surface area (Å²) in [6.07, 6.45) is -1.68. The van der Waals surface area contributed by atoms with Crippen LogP contribution < -0.4 is 10.5 Å². The van der Waals surface area contributed by atoms with Crippen molar-refractivity contribution in [1.82, 2.24) is 0 Å². The zero-order chi connectivity index (χ0) is 13.8. The van der Waals surface area contributed by atoms with Crippen molar-refractivity contribution in [1.29, 1.82) is 0 Å². The second-order valence-corrected chi connectivity index (χ2v) is 4.66. The van der Waals surface area contributed by atoms with Crippen LogP contribution in [-0.2, 0) is 0 Å². The maximum Gasteiger partial charge on any atom is 0.573 e. The van der Waals surface area contributed by atoms with E-state index in [4.69, 9.17) is 5.73 Å². The summed E-state index contributed by atoms with van der Waals surface area (Å²) < 4.78 is 40.7. The van der Waals surface area contributed by atoms with E-state index < -0.39 is 6.36 Å². The van der Waals surface area contributed by atoms with E-state index in [1.165, 1.54) is 12.1 Å². The van der Waals surface area contributed by atoms with Gasteiger partial charge in [-0.2, -0.15) is 0 Å². The van der Waals surface area contributed by atoms with Gasteiger partial charge in [0.2, 0.25) is 0 Å². The number of hydrogen-bond acceptors (Lipinski definition) is 2. The molecule has 2 nitrogen and oxygen atoms in total. The maximum absolute atomic E-state index is 12.1. The molecule has 0 aliphatic heterocycles. The first-order chi connectivity index (χ1) is 8.31. The first-order valence-corrected chi connectivity index (χ1v) is 6.04. The molecule has 0 aromatic heterocycles. The van der Waals surface area contributed by atoms with Crippen LogP contribution in [0.25, 0.3) is 0 Å². The number of ether oxygens (including phenoxy) is 1. The van der Waals surface area contributed by atoms with Crippen LogP contribution in [-0.4, -0.2) is 6.36 Å². The highest BCUT2D eigenvalue weighted by Gasteiger charge is 2.31. The summed E-state index contributed by atoms with van der Waals surface area (Å²) >= 11 is 3.13. The van der Waals surface area contributed by atoms with Crippen molar-refractivity contribution < 1.29 is 17.9 Å². The number of nitrogens with two attached hydrogens (primary N) is 1. The molecule has 0 aliphatic rings. The van der Waals surface area contributed by atoms with E-state index in [2.05, 4.69) is 27.2 Å². The molecule has 0 radical (unpaired) electrons. The fraction of sp³-hybridized carbons (Fsp3) is 0.333. The molecule has 0 aliphatic carbocycles. The van der Waals surface area contributed by atoms with Crippen molar-refractivity contribution in [2.24, 2.45) is 5.73 Å². The van der Waals surface area contributed by atoms with Crippen LogP contribution in [0.4, 0.5) is 13.2 Å². The van der Waals surface area contributed by atoms with Crippen molar-refractivity contribution in [3.63, 3.8) is 0 Å². The minimum atomic E-state index is -4.71. The fourth-order valence-electron chi connectivity index (χ4n) is 1.46. The minimum Gasteiger partial charge on any atom is -0.406 e. The molecule has 0 fully saturated rings. The van der Waals surface area contributed by atoms with Crippen LogP contribution in [0.5, 0.6) is 5.75 Å². The van der Waals surface area contributed by atoms with Gasteiger partial charge in [-0.1, -0.05) is 22.0 Å². The summed E-state index contributed by atoms with van der Waals surface area (Å²) in [7, 11) is 0. The molecule has 0 saturated heterocycles. The van der Waals surface area contributed by atoms with Crippen molar-refractivity contribution in [3.05, 3.63) is 40.9 Å². The molecule has 6 heteroatoms. The molecule has 0 spiro atoms. The number of rotatable bonds is 5. The Labute approximate surface area is 112 Å². The summed E-state index contributed by atoms with van der Waals surface area (Å²) in [4.78, 5) is 0. The number of benzene rings is 1. The molecule has 1 rings (SSSR count). The maximum atomic E-state index is 12.1. The van der Waals surface area contributed by atoms with E-state index in [1.54, 1.807) is 12.1 Å². The first kappa shape index (κ1) is 15.0. The Morgan fingerprint density at radius 1 is 1.39 bits per heavy atom. The zero-order valence-electron chi connectivity index (χ0n) is 9.51. The smallest absolute Gasteiger partial charge is 0.406 e. The van der Waals surface area contributed by atoms with E-state index in [1.807, 2.05) is 0 Å². The van der Waals surface area contributed by atoms with Crippen molar-refractivity contribution in [2.75, 3.05) is 0 Å². The van der Waals surface area contributed by atoms with Crippen LogP contribution >= 0.6 is 15.9 Å². The normalized spacial score (nSPS) is 13.2. The highest BCUT2D eigenvalue weighted by atomic mass is 79.9. The monoisotopic (exact) mass is 323 g/mol. The molecule has 0 amide bonds. The van der Waals surface area contributed by atoms with Gasteiger partial charge in [-0.25, -0.2) is 0 Å². The zero-order valence-corrected chi connectivity index (χ0v) is 11.1. The second kappa shape index (κ2) is 6.24. The lowest BCUT2D eigenvalue weighted by atomic mass is 10.0. The Kier molecular flexibility index (Phi) is 5.22. The lowest BCUT2D eigenvalue weighted by Gasteiger charge is -2.14. The number of halogens is 4. The van der Waals surface area contributed by atoms with Gasteiger partial charge in [0.25, 0.3) is 0 Å². The molecule has 0 heterocycles. The Bertz CT molecular complexity index is 420.